The first kappa shape index (κ1) is 30.3. The lowest BCUT2D eigenvalue weighted by Gasteiger charge is -2.44. The molecule has 1 aliphatic heterocycles. The van der Waals surface area contributed by atoms with Crippen LogP contribution in [0.2, 0.25) is 5.02 Å². The number of ketones is 1. The van der Waals surface area contributed by atoms with Crippen molar-refractivity contribution >= 4 is 44.7 Å². The van der Waals surface area contributed by atoms with E-state index in [1.165, 1.54) is 12.1 Å². The van der Waals surface area contributed by atoms with Crippen LogP contribution in [0.1, 0.15) is 54.9 Å². The van der Waals surface area contributed by atoms with E-state index in [1.54, 1.807) is 11.0 Å². The summed E-state index contributed by atoms with van der Waals surface area (Å²) in [7, 11) is 0. The monoisotopic (exact) mass is 660 g/mol. The molecule has 0 radical (unpaired) electrons. The van der Waals surface area contributed by atoms with Gasteiger partial charge in [-0.25, -0.2) is 0 Å². The smallest absolute Gasteiger partial charge is 0.289 e. The van der Waals surface area contributed by atoms with Gasteiger partial charge in [0, 0.05) is 28.2 Å². The highest BCUT2D eigenvalue weighted by atomic mass is 79.9. The van der Waals surface area contributed by atoms with E-state index in [4.69, 9.17) is 22.1 Å². The van der Waals surface area contributed by atoms with E-state index in [0.717, 1.165) is 26.7 Å². The topological polar surface area (TPSA) is 122 Å². The van der Waals surface area contributed by atoms with Gasteiger partial charge in [0.1, 0.15) is 23.2 Å². The Hall–Kier alpha value is -4.13. The molecule has 43 heavy (non-hydrogen) atoms. The van der Waals surface area contributed by atoms with E-state index in [-0.39, 0.29) is 27.9 Å². The molecule has 1 heterocycles. The SMILES string of the molecule is Cc1cc(C)c(C2C(C#N)=C(N)N(c3ccc(Cl)c([N+](=O)[O-])c3)C3=C2C(=O)CC(C)(C)C3)cc1COc1ccc(Br)cc1. The first-order valence-electron chi connectivity index (χ1n) is 13.7. The van der Waals surface area contributed by atoms with Crippen molar-refractivity contribution in [3.8, 4) is 11.8 Å². The fraction of sp³-hybridized carbons (Fsp3) is 0.273. The number of Topliss-reactive ketones (excluding diaryl/α,β-unsaturated/α-hetero) is 1. The predicted octanol–water partition coefficient (Wildman–Crippen LogP) is 8.15. The van der Waals surface area contributed by atoms with Gasteiger partial charge < -0.3 is 10.5 Å². The molecule has 10 heteroatoms. The molecular weight excluding hydrogens is 632 g/mol. The minimum atomic E-state index is -0.700. The van der Waals surface area contributed by atoms with Crippen LogP contribution in [0.15, 0.2) is 81.7 Å². The molecule has 0 bridgehead atoms. The number of nitrogens with two attached hydrogens (primary N) is 1. The third-order valence-corrected chi connectivity index (χ3v) is 8.86. The highest BCUT2D eigenvalue weighted by Gasteiger charge is 2.45. The molecule has 1 aliphatic carbocycles. The van der Waals surface area contributed by atoms with Crippen LogP contribution in [-0.4, -0.2) is 10.7 Å². The lowest BCUT2D eigenvalue weighted by atomic mass is 9.68. The number of nitro groups is 1. The maximum atomic E-state index is 14.0. The minimum Gasteiger partial charge on any atom is -0.489 e. The molecule has 0 aromatic heterocycles. The molecular formula is C33H30BrClN4O4. The molecule has 3 aromatic rings. The second-order valence-electron chi connectivity index (χ2n) is 11.8. The number of aryl methyl sites for hydroxylation is 2. The molecule has 3 aromatic carbocycles. The first-order valence-corrected chi connectivity index (χ1v) is 14.9. The van der Waals surface area contributed by atoms with Crippen molar-refractivity contribution in [1.29, 1.82) is 5.26 Å². The molecule has 0 saturated heterocycles. The number of carbonyl (C=O) groups is 1. The van der Waals surface area contributed by atoms with Crippen LogP contribution in [0.25, 0.3) is 0 Å². The Balaban J connectivity index is 1.68. The average molecular weight is 662 g/mol. The Morgan fingerprint density at radius 1 is 1.14 bits per heavy atom. The summed E-state index contributed by atoms with van der Waals surface area (Å²) in [4.78, 5) is 26.8. The lowest BCUT2D eigenvalue weighted by Crippen LogP contribution is -2.42. The number of nitro benzene ring substituents is 1. The molecule has 1 unspecified atom stereocenters. The van der Waals surface area contributed by atoms with Crippen LogP contribution in [0.5, 0.6) is 5.75 Å². The number of hydrogen-bond donors (Lipinski definition) is 1. The van der Waals surface area contributed by atoms with Gasteiger partial charge in [-0.15, -0.1) is 0 Å². The van der Waals surface area contributed by atoms with Gasteiger partial charge in [0.15, 0.2) is 5.78 Å². The van der Waals surface area contributed by atoms with Crippen LogP contribution in [-0.2, 0) is 11.4 Å². The van der Waals surface area contributed by atoms with E-state index in [1.807, 2.05) is 64.1 Å². The number of carbonyl (C=O) groups excluding carboxylic acids is 1. The van der Waals surface area contributed by atoms with Crippen LogP contribution in [0, 0.1) is 40.7 Å². The third-order valence-electron chi connectivity index (χ3n) is 8.01. The van der Waals surface area contributed by atoms with Gasteiger partial charge in [-0.05, 0) is 84.3 Å². The maximum Gasteiger partial charge on any atom is 0.289 e. The first-order chi connectivity index (χ1) is 20.3. The lowest BCUT2D eigenvalue weighted by molar-refractivity contribution is -0.384. The molecule has 8 nitrogen and oxygen atoms in total. The zero-order chi connectivity index (χ0) is 31.2. The van der Waals surface area contributed by atoms with E-state index in [0.29, 0.717) is 42.2 Å². The fourth-order valence-electron chi connectivity index (χ4n) is 5.97. The second-order valence-corrected chi connectivity index (χ2v) is 13.1. The van der Waals surface area contributed by atoms with Crippen molar-refractivity contribution in [2.45, 2.75) is 53.1 Å². The van der Waals surface area contributed by atoms with Crippen molar-refractivity contribution in [3.05, 3.63) is 119 Å². The number of hydrogen-bond acceptors (Lipinski definition) is 7. The molecule has 220 valence electrons. The van der Waals surface area contributed by atoms with Gasteiger partial charge in [-0.2, -0.15) is 5.26 Å². The summed E-state index contributed by atoms with van der Waals surface area (Å²) in [5.74, 6) is 0.0550. The molecule has 0 amide bonds. The fourth-order valence-corrected chi connectivity index (χ4v) is 6.42. The van der Waals surface area contributed by atoms with E-state index >= 15 is 0 Å². The van der Waals surface area contributed by atoms with Gasteiger partial charge in [0.05, 0.1) is 28.2 Å². The molecule has 2 aliphatic rings. The van der Waals surface area contributed by atoms with Crippen LogP contribution in [0.3, 0.4) is 0 Å². The number of allylic oxidation sites excluding steroid dienone is 3. The van der Waals surface area contributed by atoms with Gasteiger partial charge >= 0.3 is 0 Å². The van der Waals surface area contributed by atoms with Crippen molar-refractivity contribution in [2.75, 3.05) is 4.90 Å². The molecule has 0 fully saturated rings. The Labute approximate surface area is 263 Å². The van der Waals surface area contributed by atoms with Gasteiger partial charge in [-0.3, -0.25) is 19.8 Å². The highest BCUT2D eigenvalue weighted by Crippen LogP contribution is 2.51. The number of halogens is 2. The Morgan fingerprint density at radius 3 is 2.49 bits per heavy atom. The second kappa shape index (κ2) is 11.5. The van der Waals surface area contributed by atoms with Crippen LogP contribution >= 0.6 is 27.5 Å². The summed E-state index contributed by atoms with van der Waals surface area (Å²) in [5, 5.41) is 22.2. The Kier molecular flexibility index (Phi) is 8.12. The van der Waals surface area contributed by atoms with Crippen molar-refractivity contribution < 1.29 is 14.5 Å². The molecule has 0 saturated carbocycles. The summed E-state index contributed by atoms with van der Waals surface area (Å²) >= 11 is 9.55. The third kappa shape index (κ3) is 5.77. The van der Waals surface area contributed by atoms with E-state index < -0.39 is 16.3 Å². The number of anilines is 1. The normalized spacial score (nSPS) is 17.9. The molecule has 1 atom stereocenters. The maximum absolute atomic E-state index is 14.0. The van der Waals surface area contributed by atoms with Crippen molar-refractivity contribution in [2.24, 2.45) is 11.1 Å². The number of rotatable bonds is 6. The predicted molar refractivity (Wildman–Crippen MR) is 170 cm³/mol. The number of nitriles is 1. The highest BCUT2D eigenvalue weighted by molar-refractivity contribution is 9.10. The largest absolute Gasteiger partial charge is 0.489 e. The quantitative estimate of drug-likeness (QED) is 0.209. The number of ether oxygens (including phenoxy) is 1. The number of nitrogens with zero attached hydrogens (tertiary/aromatic N) is 3. The zero-order valence-electron chi connectivity index (χ0n) is 24.2. The summed E-state index contributed by atoms with van der Waals surface area (Å²) < 4.78 is 7.03. The van der Waals surface area contributed by atoms with E-state index in [2.05, 4.69) is 22.0 Å². The molecule has 2 N–H and O–H groups in total. The summed E-state index contributed by atoms with van der Waals surface area (Å²) in [6, 6.07) is 18.3. The van der Waals surface area contributed by atoms with Crippen molar-refractivity contribution in [3.63, 3.8) is 0 Å². The standard InChI is InChI=1S/C33H30BrClN4O4/c1-18-11-19(2)24(12-20(18)17-43-23-8-5-21(34)6-9-23)30-25(16-36)32(37)38(22-7-10-26(35)27(13-22)39(41)42)28-14-33(3,4)15-29(40)31(28)30/h5-13,30H,14-15,17,37H2,1-4H3. The average Bonchev–Trinajstić information content (AvgIpc) is 2.93. The summed E-state index contributed by atoms with van der Waals surface area (Å²) in [6.07, 6.45) is 0.769. The van der Waals surface area contributed by atoms with E-state index in [9.17, 15) is 20.2 Å². The van der Waals surface area contributed by atoms with Gasteiger partial charge in [0.25, 0.3) is 5.69 Å². The van der Waals surface area contributed by atoms with Crippen LogP contribution < -0.4 is 15.4 Å². The minimum absolute atomic E-state index is 0.0193. The van der Waals surface area contributed by atoms with Gasteiger partial charge in [-0.1, -0.05) is 53.5 Å². The zero-order valence-corrected chi connectivity index (χ0v) is 26.5. The summed E-state index contributed by atoms with van der Waals surface area (Å²) in [5.41, 5.74) is 11.4. The van der Waals surface area contributed by atoms with Crippen molar-refractivity contribution in [1.82, 2.24) is 0 Å². The number of benzene rings is 3. The Bertz CT molecular complexity index is 1770. The Morgan fingerprint density at radius 2 is 1.84 bits per heavy atom. The molecule has 5 rings (SSSR count). The summed E-state index contributed by atoms with van der Waals surface area (Å²) in [6.45, 7) is 8.25. The molecule has 0 spiro atoms. The van der Waals surface area contributed by atoms with Crippen LogP contribution in [0.4, 0.5) is 11.4 Å². The van der Waals surface area contributed by atoms with Gasteiger partial charge in [0.2, 0.25) is 0 Å².